The maximum atomic E-state index is 12.5. The van der Waals surface area contributed by atoms with Crippen LogP contribution < -0.4 is 0 Å². The van der Waals surface area contributed by atoms with Crippen LogP contribution in [0.2, 0.25) is 0 Å². The van der Waals surface area contributed by atoms with Gasteiger partial charge in [0.2, 0.25) is 5.91 Å². The molecule has 4 rings (SSSR count). The number of fused-ring (bicyclic) bond motifs is 1. The molecule has 22 heavy (non-hydrogen) atoms. The Morgan fingerprint density at radius 1 is 1.27 bits per heavy atom. The second-order valence-electron chi connectivity index (χ2n) is 6.90. The summed E-state index contributed by atoms with van der Waals surface area (Å²) in [6.45, 7) is 3.94. The summed E-state index contributed by atoms with van der Waals surface area (Å²) in [6, 6.07) is 10.5. The lowest BCUT2D eigenvalue weighted by Gasteiger charge is -2.33. The van der Waals surface area contributed by atoms with Crippen molar-refractivity contribution in [2.24, 2.45) is 11.8 Å². The van der Waals surface area contributed by atoms with E-state index in [9.17, 15) is 4.79 Å². The van der Waals surface area contributed by atoms with Crippen molar-refractivity contribution >= 4 is 16.7 Å². The molecule has 1 aromatic carbocycles. The molecule has 3 unspecified atom stereocenters. The Labute approximate surface area is 131 Å². The maximum absolute atomic E-state index is 12.5. The summed E-state index contributed by atoms with van der Waals surface area (Å²) in [5.41, 5.74) is 1.14. The van der Waals surface area contributed by atoms with Crippen LogP contribution in [0.3, 0.4) is 0 Å². The molecule has 2 aliphatic rings. The third kappa shape index (κ3) is 2.49. The van der Waals surface area contributed by atoms with Gasteiger partial charge in [0.25, 0.3) is 0 Å². The third-order valence-electron chi connectivity index (χ3n) is 5.23. The van der Waals surface area contributed by atoms with E-state index >= 15 is 0 Å². The van der Waals surface area contributed by atoms with Crippen molar-refractivity contribution in [3.63, 3.8) is 0 Å². The van der Waals surface area contributed by atoms with Gasteiger partial charge in [0, 0.05) is 42.2 Å². The average molecular weight is 294 g/mol. The summed E-state index contributed by atoms with van der Waals surface area (Å²) in [6.07, 6.45) is 5.27. The maximum Gasteiger partial charge on any atom is 0.225 e. The molecule has 2 aromatic rings. The smallest absolute Gasteiger partial charge is 0.225 e. The van der Waals surface area contributed by atoms with E-state index in [2.05, 4.69) is 41.1 Å². The Kier molecular flexibility index (Phi) is 3.36. The Bertz CT molecular complexity index is 711. The highest BCUT2D eigenvalue weighted by atomic mass is 16.2. The topological polar surface area (TPSA) is 33.2 Å². The van der Waals surface area contributed by atoms with Gasteiger partial charge in [-0.3, -0.25) is 9.78 Å². The predicted molar refractivity (Wildman–Crippen MR) is 87.6 cm³/mol. The van der Waals surface area contributed by atoms with Gasteiger partial charge in [0.05, 0.1) is 0 Å². The van der Waals surface area contributed by atoms with E-state index in [-0.39, 0.29) is 0 Å². The van der Waals surface area contributed by atoms with Crippen LogP contribution in [0, 0.1) is 11.8 Å². The first-order valence-electron chi connectivity index (χ1n) is 8.36. The van der Waals surface area contributed by atoms with E-state index in [1.807, 2.05) is 12.3 Å². The van der Waals surface area contributed by atoms with Crippen molar-refractivity contribution in [1.29, 1.82) is 0 Å². The highest BCUT2D eigenvalue weighted by Crippen LogP contribution is 2.40. The second-order valence-corrected chi connectivity index (χ2v) is 6.90. The quantitative estimate of drug-likeness (QED) is 0.848. The van der Waals surface area contributed by atoms with Gasteiger partial charge < -0.3 is 4.90 Å². The van der Waals surface area contributed by atoms with Crippen LogP contribution >= 0.6 is 0 Å². The monoisotopic (exact) mass is 294 g/mol. The molecule has 0 bridgehead atoms. The molecular weight excluding hydrogens is 272 g/mol. The number of piperidine rings is 1. The first kappa shape index (κ1) is 13.7. The second kappa shape index (κ2) is 5.38. The largest absolute Gasteiger partial charge is 0.342 e. The van der Waals surface area contributed by atoms with Crippen molar-refractivity contribution in [1.82, 2.24) is 9.88 Å². The zero-order chi connectivity index (χ0) is 15.1. The molecule has 2 heterocycles. The number of aromatic nitrogens is 1. The fourth-order valence-corrected chi connectivity index (χ4v) is 3.64. The molecule has 1 aliphatic carbocycles. The number of pyridine rings is 1. The zero-order valence-corrected chi connectivity index (χ0v) is 13.0. The Morgan fingerprint density at radius 3 is 2.82 bits per heavy atom. The van der Waals surface area contributed by atoms with E-state index < -0.39 is 0 Å². The van der Waals surface area contributed by atoms with Crippen molar-refractivity contribution in [2.75, 3.05) is 13.1 Å². The first-order valence-corrected chi connectivity index (χ1v) is 8.36. The summed E-state index contributed by atoms with van der Waals surface area (Å²) in [5, 5.41) is 2.42. The number of likely N-dealkylation sites (tertiary alicyclic amines) is 1. The number of nitrogens with zero attached hydrogens (tertiary/aromatic N) is 2. The minimum atomic E-state index is 0.295. The van der Waals surface area contributed by atoms with Gasteiger partial charge in [-0.1, -0.05) is 31.2 Å². The molecule has 2 fully saturated rings. The third-order valence-corrected chi connectivity index (χ3v) is 5.23. The van der Waals surface area contributed by atoms with E-state index in [0.29, 0.717) is 23.7 Å². The minimum absolute atomic E-state index is 0.295. The number of amides is 1. The number of rotatable bonds is 2. The van der Waals surface area contributed by atoms with E-state index in [4.69, 9.17) is 0 Å². The lowest BCUT2D eigenvalue weighted by atomic mass is 9.93. The van der Waals surface area contributed by atoms with Crippen LogP contribution in [0.15, 0.2) is 36.5 Å². The van der Waals surface area contributed by atoms with E-state index in [1.165, 1.54) is 10.8 Å². The molecule has 0 spiro atoms. The van der Waals surface area contributed by atoms with Crippen LogP contribution in [0.4, 0.5) is 0 Å². The summed E-state index contributed by atoms with van der Waals surface area (Å²) >= 11 is 0. The number of hydrogen-bond acceptors (Lipinski definition) is 2. The lowest BCUT2D eigenvalue weighted by molar-refractivity contribution is -0.134. The van der Waals surface area contributed by atoms with Crippen LogP contribution in [0.25, 0.3) is 10.8 Å². The lowest BCUT2D eigenvalue weighted by Crippen LogP contribution is -2.40. The van der Waals surface area contributed by atoms with Gasteiger partial charge in [-0.05, 0) is 36.6 Å². The minimum Gasteiger partial charge on any atom is -0.342 e. The Hall–Kier alpha value is -1.90. The van der Waals surface area contributed by atoms with Gasteiger partial charge in [-0.15, -0.1) is 0 Å². The summed E-state index contributed by atoms with van der Waals surface area (Å²) in [4.78, 5) is 19.2. The number of carbonyl (C=O) groups excluding carboxylic acids is 1. The standard InChI is InChI=1S/C19H22N2O/c1-13-9-17(13)19(22)21-8-4-7-16(12-21)18-10-14-5-2-3-6-15(14)11-20-18/h2-3,5-6,10-11,13,16-17H,4,7-9,12H2,1H3. The average Bonchev–Trinajstić information content (AvgIpc) is 3.30. The molecule has 114 valence electrons. The van der Waals surface area contributed by atoms with Gasteiger partial charge in [0.1, 0.15) is 0 Å². The first-order chi connectivity index (χ1) is 10.7. The van der Waals surface area contributed by atoms with Crippen molar-refractivity contribution < 1.29 is 4.79 Å². The molecule has 0 radical (unpaired) electrons. The molecule has 3 heteroatoms. The molecular formula is C19H22N2O. The molecule has 0 N–H and O–H groups in total. The van der Waals surface area contributed by atoms with Crippen molar-refractivity contribution in [2.45, 2.75) is 32.1 Å². The molecule has 1 saturated heterocycles. The molecule has 1 amide bonds. The zero-order valence-electron chi connectivity index (χ0n) is 13.0. The van der Waals surface area contributed by atoms with Crippen molar-refractivity contribution in [3.8, 4) is 0 Å². The molecule has 1 aromatic heterocycles. The van der Waals surface area contributed by atoms with Crippen LogP contribution in [-0.2, 0) is 4.79 Å². The van der Waals surface area contributed by atoms with Gasteiger partial charge in [0.15, 0.2) is 0 Å². The Balaban J connectivity index is 1.54. The van der Waals surface area contributed by atoms with Gasteiger partial charge >= 0.3 is 0 Å². The van der Waals surface area contributed by atoms with Gasteiger partial charge in [-0.2, -0.15) is 0 Å². The molecule has 3 nitrogen and oxygen atoms in total. The highest BCUT2D eigenvalue weighted by Gasteiger charge is 2.42. The highest BCUT2D eigenvalue weighted by molar-refractivity contribution is 5.82. The molecule has 3 atom stereocenters. The SMILES string of the molecule is CC1CC1C(=O)N1CCCC(c2cc3ccccc3cn2)C1. The normalized spacial score (nSPS) is 27.9. The fourth-order valence-electron chi connectivity index (χ4n) is 3.64. The summed E-state index contributed by atoms with van der Waals surface area (Å²) in [5.74, 6) is 1.64. The summed E-state index contributed by atoms with van der Waals surface area (Å²) < 4.78 is 0. The Morgan fingerprint density at radius 2 is 2.05 bits per heavy atom. The summed E-state index contributed by atoms with van der Waals surface area (Å²) in [7, 11) is 0. The van der Waals surface area contributed by atoms with Crippen LogP contribution in [0.5, 0.6) is 0 Å². The van der Waals surface area contributed by atoms with E-state index in [0.717, 1.165) is 38.0 Å². The predicted octanol–water partition coefficient (Wildman–Crippen LogP) is 3.60. The van der Waals surface area contributed by atoms with Crippen LogP contribution in [-0.4, -0.2) is 28.9 Å². The number of hydrogen-bond donors (Lipinski definition) is 0. The molecule has 1 saturated carbocycles. The fraction of sp³-hybridized carbons (Fsp3) is 0.474. The number of benzene rings is 1. The van der Waals surface area contributed by atoms with Crippen LogP contribution in [0.1, 0.15) is 37.8 Å². The van der Waals surface area contributed by atoms with Gasteiger partial charge in [-0.25, -0.2) is 0 Å². The van der Waals surface area contributed by atoms with E-state index in [1.54, 1.807) is 0 Å². The molecule has 1 aliphatic heterocycles. The van der Waals surface area contributed by atoms with Crippen molar-refractivity contribution in [3.05, 3.63) is 42.2 Å². The number of carbonyl (C=O) groups is 1.